The molecule has 0 radical (unpaired) electrons. The second-order valence-corrected chi connectivity index (χ2v) is 8.98. The first-order chi connectivity index (χ1) is 16.0. The van der Waals surface area contributed by atoms with E-state index in [0.717, 1.165) is 38.2 Å². The van der Waals surface area contributed by atoms with Gasteiger partial charge in [-0.25, -0.2) is 4.39 Å². The number of esters is 1. The zero-order valence-electron chi connectivity index (χ0n) is 18.8. The number of carbonyl (C=O) groups is 1. The summed E-state index contributed by atoms with van der Waals surface area (Å²) in [5, 5.41) is 8.82. The van der Waals surface area contributed by atoms with Crippen molar-refractivity contribution in [3.63, 3.8) is 0 Å². The summed E-state index contributed by atoms with van der Waals surface area (Å²) in [5.74, 6) is -0.0918. The summed E-state index contributed by atoms with van der Waals surface area (Å²) in [5.41, 5.74) is 3.96. The number of rotatable bonds is 6. The average Bonchev–Trinajstić information content (AvgIpc) is 2.85. The molecule has 3 nitrogen and oxygen atoms in total. The van der Waals surface area contributed by atoms with Gasteiger partial charge in [0.25, 0.3) is 0 Å². The summed E-state index contributed by atoms with van der Waals surface area (Å²) < 4.78 is 19.1. The Morgan fingerprint density at radius 2 is 1.73 bits per heavy atom. The van der Waals surface area contributed by atoms with Crippen LogP contribution in [-0.4, -0.2) is 5.97 Å². The Morgan fingerprint density at radius 3 is 2.36 bits per heavy atom. The van der Waals surface area contributed by atoms with Crippen LogP contribution in [0.1, 0.15) is 66.7 Å². The molecular weight excluding hydrogens is 413 g/mol. The second kappa shape index (κ2) is 10.4. The zero-order valence-corrected chi connectivity index (χ0v) is 18.8. The average molecular weight is 442 g/mol. The maximum Gasteiger partial charge on any atom is 0.314 e. The molecule has 168 valence electrons. The molecule has 3 aromatic rings. The van der Waals surface area contributed by atoms with Crippen LogP contribution in [0.4, 0.5) is 4.39 Å². The van der Waals surface area contributed by atoms with Crippen molar-refractivity contribution in [2.45, 2.75) is 50.9 Å². The van der Waals surface area contributed by atoms with E-state index in [-0.39, 0.29) is 23.2 Å². The molecule has 0 aromatic heterocycles. The summed E-state index contributed by atoms with van der Waals surface area (Å²) in [7, 11) is 0. The first-order valence-electron chi connectivity index (χ1n) is 11.6. The van der Waals surface area contributed by atoms with Crippen molar-refractivity contribution in [2.75, 3.05) is 0 Å². The van der Waals surface area contributed by atoms with Crippen LogP contribution in [0.25, 0.3) is 0 Å². The minimum atomic E-state index is -0.673. The number of nitrogens with zero attached hydrogens (tertiary/aromatic N) is 1. The maximum atomic E-state index is 13.8. The molecular formula is C29H28FNO2. The van der Waals surface area contributed by atoms with Gasteiger partial charge in [0.2, 0.25) is 0 Å². The van der Waals surface area contributed by atoms with Gasteiger partial charge in [-0.2, -0.15) is 5.26 Å². The fraction of sp³-hybridized carbons (Fsp3) is 0.310. The molecule has 0 heterocycles. The molecule has 0 unspecified atom stereocenters. The van der Waals surface area contributed by atoms with Gasteiger partial charge >= 0.3 is 5.97 Å². The van der Waals surface area contributed by atoms with Crippen LogP contribution in [0.5, 0.6) is 5.75 Å². The van der Waals surface area contributed by atoms with Crippen LogP contribution < -0.4 is 4.74 Å². The van der Waals surface area contributed by atoms with Gasteiger partial charge in [-0.3, -0.25) is 4.79 Å². The van der Waals surface area contributed by atoms with E-state index >= 15 is 0 Å². The molecule has 4 rings (SSSR count). The largest absolute Gasteiger partial charge is 0.426 e. The number of ether oxygens (including phenoxy) is 1. The van der Waals surface area contributed by atoms with E-state index in [2.05, 4.69) is 55.5 Å². The predicted octanol–water partition coefficient (Wildman–Crippen LogP) is 6.92. The molecule has 0 spiro atoms. The number of hydrogen-bond donors (Lipinski definition) is 0. The number of benzene rings is 3. The minimum Gasteiger partial charge on any atom is -0.426 e. The summed E-state index contributed by atoms with van der Waals surface area (Å²) in [6.07, 6.45) is 4.39. The molecule has 0 saturated heterocycles. The van der Waals surface area contributed by atoms with Crippen molar-refractivity contribution in [1.82, 2.24) is 0 Å². The second-order valence-electron chi connectivity index (χ2n) is 8.98. The smallest absolute Gasteiger partial charge is 0.314 e. The Morgan fingerprint density at radius 1 is 1.03 bits per heavy atom. The highest BCUT2D eigenvalue weighted by atomic mass is 19.1. The van der Waals surface area contributed by atoms with Gasteiger partial charge in [0, 0.05) is 6.07 Å². The molecule has 1 atom stereocenters. The monoisotopic (exact) mass is 441 g/mol. The van der Waals surface area contributed by atoms with E-state index in [0.29, 0.717) is 11.8 Å². The van der Waals surface area contributed by atoms with E-state index in [1.54, 1.807) is 6.07 Å². The lowest BCUT2D eigenvalue weighted by molar-refractivity contribution is -0.140. The van der Waals surface area contributed by atoms with Crippen molar-refractivity contribution in [3.8, 4) is 11.8 Å². The fourth-order valence-corrected chi connectivity index (χ4v) is 4.69. The Bertz CT molecular complexity index is 1130. The van der Waals surface area contributed by atoms with E-state index in [9.17, 15) is 9.18 Å². The first-order valence-corrected chi connectivity index (χ1v) is 11.6. The zero-order chi connectivity index (χ0) is 23.2. The molecule has 0 amide bonds. The third-order valence-electron chi connectivity index (χ3n) is 6.70. The summed E-state index contributed by atoms with van der Waals surface area (Å²) in [4.78, 5) is 12.5. The molecule has 0 N–H and O–H groups in total. The molecule has 1 saturated carbocycles. The van der Waals surface area contributed by atoms with E-state index in [4.69, 9.17) is 10.00 Å². The van der Waals surface area contributed by atoms with Crippen molar-refractivity contribution in [2.24, 2.45) is 5.92 Å². The van der Waals surface area contributed by atoms with Crippen LogP contribution in [0.2, 0.25) is 0 Å². The Balaban J connectivity index is 1.29. The summed E-state index contributed by atoms with van der Waals surface area (Å²) >= 11 is 0. The standard InChI is InChI=1S/C29H28FNO2/c1-20(22-5-3-2-4-6-22)17-21-7-9-23(10-8-21)24-11-13-25(14-12-24)29(32)33-27-16-15-26(19-31)28(30)18-27/h2-10,15-16,18,20,24-25H,11-14,17H2,1H3/t20-,24?,25?/m1/s1. The molecule has 33 heavy (non-hydrogen) atoms. The predicted molar refractivity (Wildman–Crippen MR) is 126 cm³/mol. The lowest BCUT2D eigenvalue weighted by Crippen LogP contribution is -2.25. The minimum absolute atomic E-state index is 0.0594. The van der Waals surface area contributed by atoms with Gasteiger partial charge in [-0.05, 0) is 72.8 Å². The normalized spacial score (nSPS) is 18.8. The van der Waals surface area contributed by atoms with Crippen LogP contribution in [0.15, 0.2) is 72.8 Å². The van der Waals surface area contributed by atoms with Gasteiger partial charge in [0.15, 0.2) is 0 Å². The third-order valence-corrected chi connectivity index (χ3v) is 6.70. The highest BCUT2D eigenvalue weighted by Crippen LogP contribution is 2.37. The molecule has 1 aliphatic rings. The van der Waals surface area contributed by atoms with Crippen molar-refractivity contribution in [1.29, 1.82) is 5.26 Å². The summed E-state index contributed by atoms with van der Waals surface area (Å²) in [6.45, 7) is 2.26. The first kappa shape index (κ1) is 22.7. The van der Waals surface area contributed by atoms with Crippen LogP contribution >= 0.6 is 0 Å². The van der Waals surface area contributed by atoms with Crippen LogP contribution in [0.3, 0.4) is 0 Å². The number of hydrogen-bond acceptors (Lipinski definition) is 3. The highest BCUT2D eigenvalue weighted by molar-refractivity contribution is 5.75. The number of carbonyl (C=O) groups excluding carboxylic acids is 1. The van der Waals surface area contributed by atoms with Crippen LogP contribution in [0, 0.1) is 23.1 Å². The van der Waals surface area contributed by atoms with Gasteiger partial charge in [0.05, 0.1) is 11.5 Å². The quantitative estimate of drug-likeness (QED) is 0.308. The molecule has 0 bridgehead atoms. The number of nitriles is 1. The molecule has 1 aliphatic carbocycles. The van der Waals surface area contributed by atoms with Crippen molar-refractivity contribution < 1.29 is 13.9 Å². The fourth-order valence-electron chi connectivity index (χ4n) is 4.69. The maximum absolute atomic E-state index is 13.8. The van der Waals surface area contributed by atoms with Gasteiger partial charge in [-0.1, -0.05) is 61.5 Å². The van der Waals surface area contributed by atoms with E-state index < -0.39 is 5.82 Å². The van der Waals surface area contributed by atoms with Crippen molar-refractivity contribution in [3.05, 3.63) is 101 Å². The molecule has 0 aliphatic heterocycles. The van der Waals surface area contributed by atoms with E-state index in [1.807, 2.05) is 6.07 Å². The third kappa shape index (κ3) is 5.68. The molecule has 4 heteroatoms. The molecule has 1 fully saturated rings. The van der Waals surface area contributed by atoms with E-state index in [1.165, 1.54) is 28.8 Å². The van der Waals surface area contributed by atoms with Gasteiger partial charge < -0.3 is 4.74 Å². The summed E-state index contributed by atoms with van der Waals surface area (Å²) in [6, 6.07) is 25.2. The van der Waals surface area contributed by atoms with Crippen molar-refractivity contribution >= 4 is 5.97 Å². The Hall–Kier alpha value is -3.45. The Labute approximate surface area is 194 Å². The lowest BCUT2D eigenvalue weighted by atomic mass is 9.78. The SMILES string of the molecule is C[C@H](Cc1ccc(C2CCC(C(=O)Oc3ccc(C#N)c(F)c3)CC2)cc1)c1ccccc1. The van der Waals surface area contributed by atoms with Gasteiger partial charge in [0.1, 0.15) is 17.6 Å². The lowest BCUT2D eigenvalue weighted by Gasteiger charge is -2.27. The topological polar surface area (TPSA) is 50.1 Å². The van der Waals surface area contributed by atoms with Gasteiger partial charge in [-0.15, -0.1) is 0 Å². The molecule has 3 aromatic carbocycles. The van der Waals surface area contributed by atoms with Crippen LogP contribution in [-0.2, 0) is 11.2 Å². The Kier molecular flexibility index (Phi) is 7.19. The highest BCUT2D eigenvalue weighted by Gasteiger charge is 2.28. The number of halogens is 1.